The Morgan fingerprint density at radius 2 is 1.93 bits per heavy atom. The number of nitrogens with zero attached hydrogens (tertiary/aromatic N) is 2. The molecule has 0 saturated carbocycles. The van der Waals surface area contributed by atoms with Gasteiger partial charge in [0.15, 0.2) is 0 Å². The van der Waals surface area contributed by atoms with E-state index in [1.54, 1.807) is 32.2 Å². The second kappa shape index (κ2) is 7.92. The van der Waals surface area contributed by atoms with E-state index in [0.29, 0.717) is 5.56 Å². The highest BCUT2D eigenvalue weighted by Gasteiger charge is 2.38. The minimum absolute atomic E-state index is 0.0125. The van der Waals surface area contributed by atoms with Crippen LogP contribution < -0.4 is 10.0 Å². The van der Waals surface area contributed by atoms with Gasteiger partial charge in [-0.05, 0) is 36.8 Å². The maximum atomic E-state index is 14.0. The average Bonchev–Trinajstić information content (AvgIpc) is 3.07. The van der Waals surface area contributed by atoms with Crippen LogP contribution in [0, 0.1) is 11.7 Å². The Labute approximate surface area is 169 Å². The van der Waals surface area contributed by atoms with Crippen molar-refractivity contribution in [1.29, 1.82) is 0 Å². The maximum Gasteiger partial charge on any atom is 0.238 e. The summed E-state index contributed by atoms with van der Waals surface area (Å²) in [5.41, 5.74) is 0.756. The number of hydrogen-bond donors (Lipinski definition) is 1. The lowest BCUT2D eigenvalue weighted by Gasteiger charge is -2.28. The zero-order valence-corrected chi connectivity index (χ0v) is 16.9. The Kier molecular flexibility index (Phi) is 5.72. The van der Waals surface area contributed by atoms with Gasteiger partial charge < -0.3 is 9.80 Å². The minimum atomic E-state index is -3.86. The summed E-state index contributed by atoms with van der Waals surface area (Å²) < 4.78 is 37.2. The van der Waals surface area contributed by atoms with Gasteiger partial charge in [0.1, 0.15) is 5.82 Å². The number of primary sulfonamides is 1. The first-order valence-electron chi connectivity index (χ1n) is 9.04. The van der Waals surface area contributed by atoms with E-state index in [2.05, 4.69) is 0 Å². The highest BCUT2D eigenvalue weighted by atomic mass is 32.2. The molecule has 9 heteroatoms. The van der Waals surface area contributed by atoms with Gasteiger partial charge >= 0.3 is 0 Å². The summed E-state index contributed by atoms with van der Waals surface area (Å²) in [5, 5.41) is 5.18. The normalized spacial score (nSPS) is 18.0. The van der Waals surface area contributed by atoms with Gasteiger partial charge in [-0.1, -0.05) is 24.3 Å². The average molecular weight is 419 g/mol. The molecule has 7 nitrogen and oxygen atoms in total. The van der Waals surface area contributed by atoms with Crippen molar-refractivity contribution in [2.24, 2.45) is 11.1 Å². The van der Waals surface area contributed by atoms with Crippen LogP contribution >= 0.6 is 0 Å². The third kappa shape index (κ3) is 4.30. The van der Waals surface area contributed by atoms with Gasteiger partial charge in [-0.3, -0.25) is 9.59 Å². The number of amides is 2. The number of hydrogen-bond acceptors (Lipinski definition) is 4. The van der Waals surface area contributed by atoms with Gasteiger partial charge in [-0.2, -0.15) is 0 Å². The van der Waals surface area contributed by atoms with Crippen LogP contribution in [0.2, 0.25) is 0 Å². The maximum absolute atomic E-state index is 14.0. The first kappa shape index (κ1) is 20.9. The summed E-state index contributed by atoms with van der Waals surface area (Å²) in [4.78, 5) is 28.0. The molecule has 1 aliphatic heterocycles. The number of carbonyl (C=O) groups is 2. The third-order valence-corrected chi connectivity index (χ3v) is 6.13. The van der Waals surface area contributed by atoms with Gasteiger partial charge in [-0.15, -0.1) is 0 Å². The Balaban J connectivity index is 1.77. The van der Waals surface area contributed by atoms with Gasteiger partial charge in [-0.25, -0.2) is 17.9 Å². The number of sulfonamides is 1. The third-order valence-electron chi connectivity index (χ3n) is 5.22. The molecule has 3 rings (SSSR count). The van der Waals surface area contributed by atoms with E-state index in [1.165, 1.54) is 40.1 Å². The molecule has 29 heavy (non-hydrogen) atoms. The van der Waals surface area contributed by atoms with Crippen molar-refractivity contribution >= 4 is 27.5 Å². The molecule has 0 bridgehead atoms. The molecular weight excluding hydrogens is 397 g/mol. The molecule has 0 spiro atoms. The zero-order chi connectivity index (χ0) is 21.3. The molecule has 2 N–H and O–H groups in total. The number of rotatable bonds is 5. The fraction of sp³-hybridized carbons (Fsp3) is 0.300. The van der Waals surface area contributed by atoms with E-state index in [0.717, 1.165) is 0 Å². The fourth-order valence-electron chi connectivity index (χ4n) is 3.43. The quantitative estimate of drug-likeness (QED) is 0.801. The molecule has 2 unspecified atom stereocenters. The monoisotopic (exact) mass is 419 g/mol. The molecule has 1 aliphatic rings. The van der Waals surface area contributed by atoms with Crippen LogP contribution in [-0.4, -0.2) is 38.7 Å². The van der Waals surface area contributed by atoms with E-state index in [9.17, 15) is 22.4 Å². The fourth-order valence-corrected chi connectivity index (χ4v) is 4.00. The summed E-state index contributed by atoms with van der Waals surface area (Å²) in [7, 11) is -2.27. The lowest BCUT2D eigenvalue weighted by molar-refractivity contribution is -0.136. The Morgan fingerprint density at radius 3 is 2.59 bits per heavy atom. The van der Waals surface area contributed by atoms with E-state index in [-0.39, 0.29) is 35.4 Å². The molecule has 0 aromatic heterocycles. The van der Waals surface area contributed by atoms with E-state index >= 15 is 0 Å². The number of nitrogens with two attached hydrogens (primary N) is 1. The van der Waals surface area contributed by atoms with Crippen molar-refractivity contribution in [3.05, 3.63) is 59.9 Å². The van der Waals surface area contributed by atoms with Gasteiger partial charge in [0.05, 0.1) is 22.5 Å². The molecule has 2 atom stereocenters. The molecule has 2 aromatic rings. The zero-order valence-electron chi connectivity index (χ0n) is 16.1. The second-order valence-electron chi connectivity index (χ2n) is 7.10. The first-order chi connectivity index (χ1) is 13.6. The van der Waals surface area contributed by atoms with Crippen LogP contribution in [-0.2, 0) is 19.6 Å². The number of benzene rings is 2. The predicted octanol–water partition coefficient (Wildman–Crippen LogP) is 2.05. The van der Waals surface area contributed by atoms with Gasteiger partial charge in [0.25, 0.3) is 0 Å². The second-order valence-corrected chi connectivity index (χ2v) is 8.66. The minimum Gasteiger partial charge on any atom is -0.339 e. The number of para-hydroxylation sites is 1. The predicted molar refractivity (Wildman–Crippen MR) is 106 cm³/mol. The van der Waals surface area contributed by atoms with E-state index in [4.69, 9.17) is 5.14 Å². The van der Waals surface area contributed by atoms with Crippen LogP contribution in [0.15, 0.2) is 53.4 Å². The summed E-state index contributed by atoms with van der Waals surface area (Å²) in [6.07, 6.45) is -0.0125. The van der Waals surface area contributed by atoms with Crippen molar-refractivity contribution < 1.29 is 22.4 Å². The van der Waals surface area contributed by atoms with Gasteiger partial charge in [0.2, 0.25) is 21.8 Å². The van der Waals surface area contributed by atoms with Crippen molar-refractivity contribution in [3.63, 3.8) is 0 Å². The summed E-state index contributed by atoms with van der Waals surface area (Å²) in [6, 6.07) is 11.6. The van der Waals surface area contributed by atoms with E-state index < -0.39 is 27.8 Å². The number of carbonyl (C=O) groups excluding carboxylic acids is 2. The number of halogens is 1. The van der Waals surface area contributed by atoms with Crippen LogP contribution in [0.4, 0.5) is 10.1 Å². The van der Waals surface area contributed by atoms with Crippen LogP contribution in [0.1, 0.15) is 24.9 Å². The molecule has 2 aromatic carbocycles. The van der Waals surface area contributed by atoms with Crippen LogP contribution in [0.5, 0.6) is 0 Å². The lowest BCUT2D eigenvalue weighted by Crippen LogP contribution is -2.36. The van der Waals surface area contributed by atoms with Gasteiger partial charge in [0, 0.05) is 20.0 Å². The molecule has 154 valence electrons. The molecule has 1 saturated heterocycles. The highest BCUT2D eigenvalue weighted by Crippen LogP contribution is 2.30. The molecule has 0 aliphatic carbocycles. The van der Waals surface area contributed by atoms with Crippen molar-refractivity contribution in [1.82, 2.24) is 4.90 Å². The Morgan fingerprint density at radius 1 is 1.24 bits per heavy atom. The SMILES string of the molecule is CC(c1cccc(S(N)(=O)=O)c1)N(C)C(=O)C1CC(=O)N(c2ccccc2F)C1. The molecule has 1 heterocycles. The Bertz CT molecular complexity index is 1060. The van der Waals surface area contributed by atoms with E-state index in [1.807, 2.05) is 0 Å². The van der Waals surface area contributed by atoms with Crippen molar-refractivity contribution in [2.45, 2.75) is 24.3 Å². The van der Waals surface area contributed by atoms with Crippen LogP contribution in [0.25, 0.3) is 0 Å². The molecular formula is C20H22FN3O4S. The molecule has 2 amide bonds. The lowest BCUT2D eigenvalue weighted by atomic mass is 10.0. The van der Waals surface area contributed by atoms with Crippen molar-refractivity contribution in [2.75, 3.05) is 18.5 Å². The largest absolute Gasteiger partial charge is 0.339 e. The standard InChI is InChI=1S/C20H22FN3O4S/c1-13(14-6-5-7-16(10-14)29(22,27)28)23(2)20(26)15-11-19(25)24(12-15)18-9-4-3-8-17(18)21/h3-10,13,15H,11-12H2,1-2H3,(H2,22,27,28). The van der Waals surface area contributed by atoms with Crippen molar-refractivity contribution in [3.8, 4) is 0 Å². The molecule has 0 radical (unpaired) electrons. The topological polar surface area (TPSA) is 101 Å². The summed E-state index contributed by atoms with van der Waals surface area (Å²) >= 11 is 0. The Hall–Kier alpha value is -2.78. The smallest absolute Gasteiger partial charge is 0.238 e. The number of anilines is 1. The highest BCUT2D eigenvalue weighted by molar-refractivity contribution is 7.89. The van der Waals surface area contributed by atoms with Crippen LogP contribution in [0.3, 0.4) is 0 Å². The summed E-state index contributed by atoms with van der Waals surface area (Å²) in [5.74, 6) is -1.72. The molecule has 1 fully saturated rings. The first-order valence-corrected chi connectivity index (χ1v) is 10.6. The summed E-state index contributed by atoms with van der Waals surface area (Å²) in [6.45, 7) is 1.85.